The molecule has 0 radical (unpaired) electrons. The quantitative estimate of drug-likeness (QED) is 0.119. The van der Waals surface area contributed by atoms with E-state index in [1.165, 1.54) is 30.9 Å². The van der Waals surface area contributed by atoms with Gasteiger partial charge in [0.05, 0.1) is 68.7 Å². The average molecular weight is 928 g/mol. The zero-order chi connectivity index (χ0) is 47.7. The summed E-state index contributed by atoms with van der Waals surface area (Å²) in [6.07, 6.45) is 9.41. The number of ether oxygens (including phenoxy) is 6. The minimum atomic E-state index is -0.206. The highest BCUT2D eigenvalue weighted by atomic mass is 35.5. The lowest BCUT2D eigenvalue weighted by Gasteiger charge is -2.23. The molecule has 4 aromatic heterocycles. The summed E-state index contributed by atoms with van der Waals surface area (Å²) in [4.78, 5) is 38.6. The highest BCUT2D eigenvalue weighted by molar-refractivity contribution is 6.29. The van der Waals surface area contributed by atoms with E-state index in [-0.39, 0.29) is 18.1 Å². The van der Waals surface area contributed by atoms with Gasteiger partial charge in [0.2, 0.25) is 0 Å². The van der Waals surface area contributed by atoms with Crippen molar-refractivity contribution in [3.05, 3.63) is 113 Å². The molecular formula is C48H50ClN11O7. The molecule has 0 bridgehead atoms. The summed E-state index contributed by atoms with van der Waals surface area (Å²) in [6.45, 7) is 4.64. The number of nitriles is 2. The molecule has 0 aliphatic carbocycles. The number of methoxy groups -OCH3 is 2. The lowest BCUT2D eigenvalue weighted by Crippen LogP contribution is -2.26. The SMILES string of the molecule is COc1cc(Cl)ncc1C.COc1cc(Nc2cc(-c3ccc(OC4CCOCC4)c(C#N)c3)ncn2)ncc1C(=O)N(C)C.N#Cc1cc(-c2cc(N)ncn2)ccc1OC1CCOCC1. The molecule has 346 valence electrons. The minimum Gasteiger partial charge on any atom is -0.496 e. The standard InChI is InChI=1S/C25H26N6O4.C16H16N4O2.C7H8ClNO/c1-31(2)25(32)19-14-27-24(12-22(19)33-3)30-23-11-20(28-15-29-23)16-4-5-21(17(10-16)13-26)35-18-6-8-34-9-7-18;17-9-12-7-11(14-8-16(18)20-10-19-14)1-2-15(12)22-13-3-5-21-6-4-13;1-5-4-9-7(8)3-6(5)10-2/h4-5,10-12,14-15,18H,6-9H2,1-3H3,(H,27,28,29,30);1-2,7-8,10,13H,3-6H2,(H2,18,19,20);3-4H,1-2H3. The molecule has 2 fully saturated rings. The van der Waals surface area contributed by atoms with Crippen LogP contribution in [0.2, 0.25) is 5.15 Å². The minimum absolute atomic E-state index is 0.0421. The number of halogens is 1. The molecule has 0 unspecified atom stereocenters. The Morgan fingerprint density at radius 1 is 0.701 bits per heavy atom. The molecule has 6 heterocycles. The second kappa shape index (κ2) is 24.0. The number of amides is 1. The number of rotatable bonds is 11. The Balaban J connectivity index is 0.000000195. The molecule has 19 heteroatoms. The maximum atomic E-state index is 12.3. The third-order valence-corrected chi connectivity index (χ3v) is 10.5. The fraction of sp³-hybridized carbons (Fsp3) is 0.312. The molecule has 18 nitrogen and oxygen atoms in total. The van der Waals surface area contributed by atoms with Crippen molar-refractivity contribution in [2.45, 2.75) is 44.8 Å². The fourth-order valence-electron chi connectivity index (χ4n) is 6.73. The number of hydrogen-bond acceptors (Lipinski definition) is 17. The Kier molecular flexibility index (Phi) is 17.5. The van der Waals surface area contributed by atoms with Crippen LogP contribution in [0.3, 0.4) is 0 Å². The molecule has 8 rings (SSSR count). The molecular weight excluding hydrogens is 878 g/mol. The van der Waals surface area contributed by atoms with Gasteiger partial charge in [0.1, 0.15) is 82.6 Å². The van der Waals surface area contributed by atoms with Crippen molar-refractivity contribution in [3.63, 3.8) is 0 Å². The number of pyridine rings is 2. The normalized spacial score (nSPS) is 13.5. The first-order valence-corrected chi connectivity index (χ1v) is 21.5. The van der Waals surface area contributed by atoms with Gasteiger partial charge >= 0.3 is 0 Å². The van der Waals surface area contributed by atoms with E-state index in [0.717, 1.165) is 48.1 Å². The highest BCUT2D eigenvalue weighted by Crippen LogP contribution is 2.31. The van der Waals surface area contributed by atoms with E-state index in [1.54, 1.807) is 69.9 Å². The maximum Gasteiger partial charge on any atom is 0.258 e. The third-order valence-electron chi connectivity index (χ3n) is 10.3. The summed E-state index contributed by atoms with van der Waals surface area (Å²) in [5, 5.41) is 22.6. The summed E-state index contributed by atoms with van der Waals surface area (Å²) in [7, 11) is 6.44. The van der Waals surface area contributed by atoms with E-state index in [0.29, 0.717) is 94.4 Å². The Morgan fingerprint density at radius 3 is 1.75 bits per heavy atom. The highest BCUT2D eigenvalue weighted by Gasteiger charge is 2.20. The lowest BCUT2D eigenvalue weighted by atomic mass is 10.1. The van der Waals surface area contributed by atoms with Crippen molar-refractivity contribution in [1.82, 2.24) is 34.8 Å². The predicted octanol–water partition coefficient (Wildman–Crippen LogP) is 7.63. The smallest absolute Gasteiger partial charge is 0.258 e. The van der Waals surface area contributed by atoms with Crippen molar-refractivity contribution in [2.24, 2.45) is 0 Å². The molecule has 0 atom stereocenters. The Bertz CT molecular complexity index is 2720. The number of carbonyl (C=O) groups is 1. The number of nitrogens with zero attached hydrogens (tertiary/aromatic N) is 9. The van der Waals surface area contributed by atoms with Crippen LogP contribution >= 0.6 is 11.6 Å². The number of hydrogen-bond donors (Lipinski definition) is 2. The van der Waals surface area contributed by atoms with Crippen molar-refractivity contribution in [3.8, 4) is 57.7 Å². The molecule has 2 aromatic carbocycles. The topological polar surface area (TPSA) is 239 Å². The average Bonchev–Trinajstić information content (AvgIpc) is 3.35. The van der Waals surface area contributed by atoms with Gasteiger partial charge in [0, 0.05) is 93.1 Å². The first kappa shape index (κ1) is 48.8. The Morgan fingerprint density at radius 2 is 1.24 bits per heavy atom. The molecule has 2 aliphatic heterocycles. The van der Waals surface area contributed by atoms with Crippen LogP contribution in [0.4, 0.5) is 17.5 Å². The van der Waals surface area contributed by atoms with Gasteiger partial charge in [-0.3, -0.25) is 4.79 Å². The second-order valence-electron chi connectivity index (χ2n) is 15.2. The van der Waals surface area contributed by atoms with Gasteiger partial charge in [0.25, 0.3) is 5.91 Å². The first-order valence-electron chi connectivity index (χ1n) is 21.1. The number of anilines is 3. The molecule has 0 saturated carbocycles. The van der Waals surface area contributed by atoms with Crippen molar-refractivity contribution in [1.29, 1.82) is 10.5 Å². The van der Waals surface area contributed by atoms with Crippen LogP contribution in [0.25, 0.3) is 22.5 Å². The van der Waals surface area contributed by atoms with Crippen LogP contribution in [0.5, 0.6) is 23.0 Å². The van der Waals surface area contributed by atoms with Crippen molar-refractivity contribution >= 4 is 35.0 Å². The van der Waals surface area contributed by atoms with E-state index in [4.69, 9.17) is 45.8 Å². The molecule has 67 heavy (non-hydrogen) atoms. The molecule has 2 aliphatic rings. The van der Waals surface area contributed by atoms with Crippen LogP contribution in [0.1, 0.15) is 52.7 Å². The molecule has 1 amide bonds. The van der Waals surface area contributed by atoms with Gasteiger partial charge in [-0.15, -0.1) is 0 Å². The van der Waals surface area contributed by atoms with Gasteiger partial charge in [-0.2, -0.15) is 10.5 Å². The maximum absolute atomic E-state index is 12.3. The van der Waals surface area contributed by atoms with Gasteiger partial charge in [-0.1, -0.05) is 11.6 Å². The van der Waals surface area contributed by atoms with E-state index < -0.39 is 0 Å². The van der Waals surface area contributed by atoms with Crippen LogP contribution < -0.4 is 30.0 Å². The van der Waals surface area contributed by atoms with Gasteiger partial charge in [-0.05, 0) is 43.3 Å². The number of carbonyl (C=O) groups excluding carboxylic acids is 1. The Labute approximate surface area is 393 Å². The molecule has 2 saturated heterocycles. The zero-order valence-electron chi connectivity index (χ0n) is 37.7. The third kappa shape index (κ3) is 13.7. The first-order chi connectivity index (χ1) is 32.5. The van der Waals surface area contributed by atoms with E-state index in [2.05, 4.69) is 47.4 Å². The van der Waals surface area contributed by atoms with E-state index in [1.807, 2.05) is 25.1 Å². The molecule has 0 spiro atoms. The monoisotopic (exact) mass is 927 g/mol. The zero-order valence-corrected chi connectivity index (χ0v) is 38.5. The van der Waals surface area contributed by atoms with Gasteiger partial charge in [0.15, 0.2) is 0 Å². The van der Waals surface area contributed by atoms with Gasteiger partial charge in [-0.25, -0.2) is 29.9 Å². The predicted molar refractivity (Wildman–Crippen MR) is 250 cm³/mol. The lowest BCUT2D eigenvalue weighted by molar-refractivity contribution is 0.0252. The summed E-state index contributed by atoms with van der Waals surface area (Å²) in [5.74, 6) is 3.47. The summed E-state index contributed by atoms with van der Waals surface area (Å²) >= 11 is 5.60. The van der Waals surface area contributed by atoms with E-state index in [9.17, 15) is 15.3 Å². The van der Waals surface area contributed by atoms with Crippen LogP contribution in [-0.2, 0) is 9.47 Å². The number of nitrogens with two attached hydrogens (primary N) is 1. The summed E-state index contributed by atoms with van der Waals surface area (Å²) < 4.78 is 33.0. The fourth-order valence-corrected chi connectivity index (χ4v) is 6.88. The summed E-state index contributed by atoms with van der Waals surface area (Å²) in [5.41, 5.74) is 10.8. The van der Waals surface area contributed by atoms with E-state index >= 15 is 0 Å². The summed E-state index contributed by atoms with van der Waals surface area (Å²) in [6, 6.07) is 22.0. The number of nitrogen functional groups attached to an aromatic ring is 1. The van der Waals surface area contributed by atoms with Gasteiger partial charge < -0.3 is 44.4 Å². The number of nitrogens with one attached hydrogen (secondary N) is 1. The second-order valence-corrected chi connectivity index (χ2v) is 15.6. The number of aromatic nitrogens is 6. The van der Waals surface area contributed by atoms with Crippen LogP contribution in [-0.4, -0.2) is 108 Å². The molecule has 3 N–H and O–H groups in total. The molecule has 6 aromatic rings. The van der Waals surface area contributed by atoms with Crippen LogP contribution in [0.15, 0.2) is 85.7 Å². The number of benzene rings is 2. The largest absolute Gasteiger partial charge is 0.496 e. The van der Waals surface area contributed by atoms with Crippen molar-refractivity contribution in [2.75, 3.05) is 65.8 Å². The van der Waals surface area contributed by atoms with Crippen molar-refractivity contribution < 1.29 is 33.2 Å². The van der Waals surface area contributed by atoms with Crippen LogP contribution in [0, 0.1) is 29.6 Å². The number of aryl methyl sites for hydroxylation is 1. The Hall–Kier alpha value is -7.64.